The Bertz CT molecular complexity index is 1400. The summed E-state index contributed by atoms with van der Waals surface area (Å²) in [5, 5.41) is 9.63. The van der Waals surface area contributed by atoms with Gasteiger partial charge in [0.15, 0.2) is 0 Å². The van der Waals surface area contributed by atoms with Crippen LogP contribution in [-0.4, -0.2) is 26.6 Å². The number of methoxy groups -OCH3 is 1. The maximum Gasteiger partial charge on any atom is 0.276 e. The molecule has 4 N–H and O–H groups in total. The van der Waals surface area contributed by atoms with Crippen molar-refractivity contribution in [2.75, 3.05) is 12.8 Å². The number of nitrogens with two attached hydrogens (primary N) is 1. The fourth-order valence-electron chi connectivity index (χ4n) is 3.92. The molecular formula is C28H30N2O5S. The molecule has 7 nitrogen and oxygen atoms in total. The number of hydrogen-bond acceptors (Lipinski definition) is 6. The zero-order valence-electron chi connectivity index (χ0n) is 20.6. The molecule has 0 aliphatic heterocycles. The van der Waals surface area contributed by atoms with Crippen LogP contribution < -0.4 is 16.0 Å². The van der Waals surface area contributed by atoms with Crippen molar-refractivity contribution >= 4 is 21.4 Å². The lowest BCUT2D eigenvalue weighted by molar-refractivity contribution is 0.0701. The van der Waals surface area contributed by atoms with Crippen molar-refractivity contribution in [2.45, 2.75) is 49.3 Å². The molecule has 0 atom stereocenters. The van der Waals surface area contributed by atoms with Crippen LogP contribution in [0.1, 0.15) is 58.8 Å². The molecule has 3 rings (SSSR count). The van der Waals surface area contributed by atoms with Crippen LogP contribution in [0.15, 0.2) is 64.4 Å². The van der Waals surface area contributed by atoms with E-state index in [1.54, 1.807) is 12.4 Å². The monoisotopic (exact) mass is 506 g/mol. The highest BCUT2D eigenvalue weighted by Gasteiger charge is 2.33. The van der Waals surface area contributed by atoms with E-state index in [0.717, 1.165) is 18.4 Å². The standard InChI is InChI=1S/C28H30N2O5S/c1-4-5-6-10-13-23-26(29)19(2)24(18-20-11-8-7-9-12-20)25(28(31)30-32)27(23)36(33,34)22-16-14-21(35-3)15-17-22/h7-9,11-12,14-17,32H,4-6,18,29H2,1-3H3,(H,30,31). The lowest BCUT2D eigenvalue weighted by atomic mass is 9.91. The van der Waals surface area contributed by atoms with Crippen LogP contribution in [0.4, 0.5) is 5.69 Å². The first-order valence-corrected chi connectivity index (χ1v) is 13.1. The number of rotatable bonds is 8. The number of sulfone groups is 1. The molecule has 0 saturated heterocycles. The van der Waals surface area contributed by atoms with Gasteiger partial charge in [0, 0.05) is 6.42 Å². The van der Waals surface area contributed by atoms with Gasteiger partial charge in [0.1, 0.15) is 10.6 Å². The van der Waals surface area contributed by atoms with E-state index in [2.05, 4.69) is 11.8 Å². The van der Waals surface area contributed by atoms with Gasteiger partial charge in [0.25, 0.3) is 5.91 Å². The van der Waals surface area contributed by atoms with Crippen molar-refractivity contribution in [1.29, 1.82) is 0 Å². The smallest absolute Gasteiger partial charge is 0.276 e. The third kappa shape index (κ3) is 5.54. The Morgan fingerprint density at radius 2 is 1.78 bits per heavy atom. The van der Waals surface area contributed by atoms with Crippen LogP contribution in [-0.2, 0) is 16.3 Å². The zero-order valence-corrected chi connectivity index (χ0v) is 21.4. The number of unbranched alkanes of at least 4 members (excludes halogenated alkanes) is 2. The third-order valence-electron chi connectivity index (χ3n) is 5.94. The number of nitrogens with one attached hydrogen (secondary N) is 1. The highest BCUT2D eigenvalue weighted by Crippen LogP contribution is 2.37. The minimum absolute atomic E-state index is 0.0508. The SMILES string of the molecule is CCCCC#Cc1c(N)c(C)c(Cc2ccccc2)c(C(=O)NO)c1S(=O)(=O)c1ccc(OC)cc1. The van der Waals surface area contributed by atoms with Gasteiger partial charge < -0.3 is 10.5 Å². The Morgan fingerprint density at radius 1 is 1.11 bits per heavy atom. The molecule has 1 amide bonds. The number of ether oxygens (including phenoxy) is 1. The van der Waals surface area contributed by atoms with Gasteiger partial charge in [-0.3, -0.25) is 10.0 Å². The van der Waals surface area contributed by atoms with Crippen molar-refractivity contribution in [3.05, 3.63) is 82.4 Å². The average Bonchev–Trinajstić information content (AvgIpc) is 2.90. The largest absolute Gasteiger partial charge is 0.497 e. The van der Waals surface area contributed by atoms with Gasteiger partial charge in [0.2, 0.25) is 9.84 Å². The summed E-state index contributed by atoms with van der Waals surface area (Å²) in [6.45, 7) is 3.75. The van der Waals surface area contributed by atoms with Crippen molar-refractivity contribution in [1.82, 2.24) is 5.48 Å². The van der Waals surface area contributed by atoms with Crippen LogP contribution in [0, 0.1) is 18.8 Å². The van der Waals surface area contributed by atoms with Gasteiger partial charge in [-0.1, -0.05) is 55.5 Å². The lowest BCUT2D eigenvalue weighted by Crippen LogP contribution is -2.26. The molecule has 3 aromatic rings. The van der Waals surface area contributed by atoms with Gasteiger partial charge in [-0.05, 0) is 60.7 Å². The highest BCUT2D eigenvalue weighted by molar-refractivity contribution is 7.91. The Hall–Kier alpha value is -3.80. The molecule has 0 radical (unpaired) electrons. The number of anilines is 1. The summed E-state index contributed by atoms with van der Waals surface area (Å²) in [6, 6.07) is 15.1. The van der Waals surface area contributed by atoms with Crippen molar-refractivity contribution in [3.63, 3.8) is 0 Å². The number of carbonyl (C=O) groups excluding carboxylic acids is 1. The van der Waals surface area contributed by atoms with Crippen LogP contribution in [0.3, 0.4) is 0 Å². The topological polar surface area (TPSA) is 119 Å². The molecule has 0 unspecified atom stereocenters. The summed E-state index contributed by atoms with van der Waals surface area (Å²) in [5.41, 5.74) is 9.97. The number of carbonyl (C=O) groups is 1. The Morgan fingerprint density at radius 3 is 2.36 bits per heavy atom. The van der Waals surface area contributed by atoms with Gasteiger partial charge in [-0.25, -0.2) is 13.9 Å². The summed E-state index contributed by atoms with van der Waals surface area (Å²) in [5.74, 6) is 5.45. The van der Waals surface area contributed by atoms with E-state index in [-0.39, 0.29) is 33.0 Å². The quantitative estimate of drug-likeness (QED) is 0.134. The third-order valence-corrected chi connectivity index (χ3v) is 7.78. The number of benzene rings is 3. The highest BCUT2D eigenvalue weighted by atomic mass is 32.2. The first-order chi connectivity index (χ1) is 17.3. The van der Waals surface area contributed by atoms with Crippen LogP contribution in [0.25, 0.3) is 0 Å². The lowest BCUT2D eigenvalue weighted by Gasteiger charge is -2.21. The van der Waals surface area contributed by atoms with Gasteiger partial charge in [-0.2, -0.15) is 0 Å². The van der Waals surface area contributed by atoms with Crippen molar-refractivity contribution < 1.29 is 23.2 Å². The molecule has 0 bridgehead atoms. The maximum absolute atomic E-state index is 14.0. The molecule has 36 heavy (non-hydrogen) atoms. The second-order valence-corrected chi connectivity index (χ2v) is 10.2. The zero-order chi connectivity index (χ0) is 26.3. The fourth-order valence-corrected chi connectivity index (χ4v) is 5.56. The molecule has 0 aliphatic rings. The molecule has 8 heteroatoms. The number of nitrogen functional groups attached to an aromatic ring is 1. The van der Waals surface area contributed by atoms with E-state index >= 15 is 0 Å². The van der Waals surface area contributed by atoms with Gasteiger partial charge >= 0.3 is 0 Å². The van der Waals surface area contributed by atoms with Crippen LogP contribution in [0.5, 0.6) is 5.75 Å². The van der Waals surface area contributed by atoms with E-state index in [9.17, 15) is 18.4 Å². The predicted molar refractivity (Wildman–Crippen MR) is 139 cm³/mol. The summed E-state index contributed by atoms with van der Waals surface area (Å²) >= 11 is 0. The summed E-state index contributed by atoms with van der Waals surface area (Å²) < 4.78 is 33.2. The number of hydroxylamine groups is 1. The Kier molecular flexibility index (Phi) is 8.75. The van der Waals surface area contributed by atoms with Crippen LogP contribution in [0.2, 0.25) is 0 Å². The van der Waals surface area contributed by atoms with Gasteiger partial charge in [0.05, 0.1) is 28.8 Å². The van der Waals surface area contributed by atoms with E-state index < -0.39 is 15.7 Å². The maximum atomic E-state index is 14.0. The second kappa shape index (κ2) is 11.8. The Labute approximate surface area is 212 Å². The van der Waals surface area contributed by atoms with E-state index in [0.29, 0.717) is 23.3 Å². The summed E-state index contributed by atoms with van der Waals surface area (Å²) in [4.78, 5) is 12.7. The molecular weight excluding hydrogens is 476 g/mol. The second-order valence-electron chi connectivity index (χ2n) is 8.28. The normalized spacial score (nSPS) is 10.9. The van der Waals surface area contributed by atoms with Crippen LogP contribution >= 0.6 is 0 Å². The number of amides is 1. The minimum Gasteiger partial charge on any atom is -0.497 e. The fraction of sp³-hybridized carbons (Fsp3) is 0.250. The number of hydrogen-bond donors (Lipinski definition) is 3. The molecule has 3 aromatic carbocycles. The summed E-state index contributed by atoms with van der Waals surface area (Å²) in [6.07, 6.45) is 2.54. The van der Waals surface area contributed by atoms with Crippen molar-refractivity contribution in [2.24, 2.45) is 0 Å². The summed E-state index contributed by atoms with van der Waals surface area (Å²) in [7, 11) is -2.81. The molecule has 0 heterocycles. The van der Waals surface area contributed by atoms with Crippen molar-refractivity contribution in [3.8, 4) is 17.6 Å². The molecule has 0 aromatic heterocycles. The molecule has 0 aliphatic carbocycles. The van der Waals surface area contributed by atoms with E-state index in [1.165, 1.54) is 31.4 Å². The van der Waals surface area contributed by atoms with Gasteiger partial charge in [-0.15, -0.1) is 0 Å². The molecule has 0 spiro atoms. The van der Waals surface area contributed by atoms with E-state index in [4.69, 9.17) is 10.5 Å². The first-order valence-electron chi connectivity index (χ1n) is 11.6. The predicted octanol–water partition coefficient (Wildman–Crippen LogP) is 4.67. The Balaban J connectivity index is 2.41. The van der Waals surface area contributed by atoms with E-state index in [1.807, 2.05) is 37.3 Å². The molecule has 0 fully saturated rings. The minimum atomic E-state index is -4.29. The average molecular weight is 507 g/mol. The first kappa shape index (κ1) is 26.8. The molecule has 188 valence electrons. The molecule has 0 saturated carbocycles.